The van der Waals surface area contributed by atoms with E-state index in [9.17, 15) is 9.59 Å². The Bertz CT molecular complexity index is 1250. The quantitative estimate of drug-likeness (QED) is 0.292. The van der Waals surface area contributed by atoms with Crippen LogP contribution in [0, 0.1) is 0 Å². The molecule has 4 nitrogen and oxygen atoms in total. The van der Waals surface area contributed by atoms with Gasteiger partial charge in [-0.25, -0.2) is 0 Å². The number of nitrogens with zero attached hydrogens (tertiary/aromatic N) is 1. The Kier molecular flexibility index (Phi) is 4.61. The lowest BCUT2D eigenvalue weighted by molar-refractivity contribution is 0.0632. The molecule has 0 saturated carbocycles. The molecule has 0 aromatic heterocycles. The van der Waals surface area contributed by atoms with Crippen LogP contribution in [0.2, 0.25) is 10.0 Å². The molecule has 0 aliphatic carbocycles. The van der Waals surface area contributed by atoms with Gasteiger partial charge in [-0.3, -0.25) is 14.5 Å². The molecule has 0 unspecified atom stereocenters. The molecule has 1 aliphatic heterocycles. The fraction of sp³-hybridized carbons (Fsp3) is 0.0833. The molecule has 148 valence electrons. The van der Waals surface area contributed by atoms with E-state index in [4.69, 9.17) is 27.9 Å². The smallest absolute Gasteiger partial charge is 0.261 e. The van der Waals surface area contributed by atoms with Crippen LogP contribution in [0.3, 0.4) is 0 Å². The maximum atomic E-state index is 12.6. The standard InChI is InChI=1S/C24H15Cl2NO3/c25-16-5-7-18-14(12-16)11-15-13-17(26)6-8-19(15)22(18)30-10-9-27-23(28)20-3-1-2-4-21(20)24(27)29/h1-8,11-13H,9-10H2. The van der Waals surface area contributed by atoms with Crippen molar-refractivity contribution in [3.63, 3.8) is 0 Å². The molecule has 4 aromatic carbocycles. The maximum Gasteiger partial charge on any atom is 0.261 e. The number of hydrogen-bond donors (Lipinski definition) is 0. The summed E-state index contributed by atoms with van der Waals surface area (Å²) in [6.07, 6.45) is 0. The van der Waals surface area contributed by atoms with Gasteiger partial charge in [0.05, 0.1) is 17.7 Å². The van der Waals surface area contributed by atoms with Gasteiger partial charge in [0.15, 0.2) is 0 Å². The lowest BCUT2D eigenvalue weighted by Gasteiger charge is -2.17. The lowest BCUT2D eigenvalue weighted by atomic mass is 10.0. The minimum Gasteiger partial charge on any atom is -0.490 e. The average Bonchev–Trinajstić information content (AvgIpc) is 2.98. The average molecular weight is 436 g/mol. The predicted octanol–water partition coefficient (Wildman–Crippen LogP) is 5.97. The summed E-state index contributed by atoms with van der Waals surface area (Å²) in [5.41, 5.74) is 0.866. The van der Waals surface area contributed by atoms with Gasteiger partial charge >= 0.3 is 0 Å². The van der Waals surface area contributed by atoms with E-state index in [1.54, 1.807) is 24.3 Å². The molecule has 1 aliphatic rings. The fourth-order valence-corrected chi connectivity index (χ4v) is 4.23. The van der Waals surface area contributed by atoms with Gasteiger partial charge in [0.2, 0.25) is 0 Å². The van der Waals surface area contributed by atoms with Crippen LogP contribution < -0.4 is 4.74 Å². The van der Waals surface area contributed by atoms with E-state index in [0.29, 0.717) is 26.9 Å². The van der Waals surface area contributed by atoms with E-state index < -0.39 is 0 Å². The molecule has 0 N–H and O–H groups in total. The van der Waals surface area contributed by atoms with Crippen molar-refractivity contribution in [1.29, 1.82) is 0 Å². The van der Waals surface area contributed by atoms with Gasteiger partial charge in [-0.1, -0.05) is 35.3 Å². The summed E-state index contributed by atoms with van der Waals surface area (Å²) in [6.45, 7) is 0.330. The minimum atomic E-state index is -0.291. The van der Waals surface area contributed by atoms with Crippen molar-refractivity contribution < 1.29 is 14.3 Å². The van der Waals surface area contributed by atoms with Gasteiger partial charge in [0, 0.05) is 20.8 Å². The van der Waals surface area contributed by atoms with E-state index >= 15 is 0 Å². The van der Waals surface area contributed by atoms with E-state index in [-0.39, 0.29) is 25.0 Å². The highest BCUT2D eigenvalue weighted by molar-refractivity contribution is 6.32. The van der Waals surface area contributed by atoms with Crippen molar-refractivity contribution >= 4 is 56.6 Å². The molecule has 1 heterocycles. The third-order valence-electron chi connectivity index (χ3n) is 5.27. The number of carbonyl (C=O) groups is 2. The summed E-state index contributed by atoms with van der Waals surface area (Å²) in [6, 6.07) is 20.0. The van der Waals surface area contributed by atoms with Crippen LogP contribution in [-0.4, -0.2) is 29.9 Å². The van der Waals surface area contributed by atoms with Crippen LogP contribution in [0.25, 0.3) is 21.5 Å². The summed E-state index contributed by atoms with van der Waals surface area (Å²) < 4.78 is 6.14. The SMILES string of the molecule is O=C1c2ccccc2C(=O)N1CCOc1c2ccc(Cl)cc2cc2cc(Cl)ccc12. The van der Waals surface area contributed by atoms with Crippen molar-refractivity contribution in [3.05, 3.63) is 87.9 Å². The monoisotopic (exact) mass is 435 g/mol. The van der Waals surface area contributed by atoms with Gasteiger partial charge in [-0.05, 0) is 65.4 Å². The van der Waals surface area contributed by atoms with Gasteiger partial charge < -0.3 is 4.74 Å². The highest BCUT2D eigenvalue weighted by atomic mass is 35.5. The Hall–Kier alpha value is -3.08. The Morgan fingerprint density at radius 1 is 0.733 bits per heavy atom. The first-order valence-electron chi connectivity index (χ1n) is 9.42. The second-order valence-corrected chi connectivity index (χ2v) is 7.97. The highest BCUT2D eigenvalue weighted by Crippen LogP contribution is 2.37. The third kappa shape index (κ3) is 3.09. The zero-order valence-corrected chi connectivity index (χ0v) is 17.2. The molecular formula is C24H15Cl2NO3. The van der Waals surface area contributed by atoms with Gasteiger partial charge in [0.1, 0.15) is 12.4 Å². The molecule has 0 bridgehead atoms. The summed E-state index contributed by atoms with van der Waals surface area (Å²) in [5.74, 6) is 0.0912. The van der Waals surface area contributed by atoms with Crippen molar-refractivity contribution in [3.8, 4) is 5.75 Å². The third-order valence-corrected chi connectivity index (χ3v) is 5.74. The number of fused-ring (bicyclic) bond motifs is 3. The van der Waals surface area contributed by atoms with E-state index in [1.165, 1.54) is 4.90 Å². The molecular weight excluding hydrogens is 421 g/mol. The highest BCUT2D eigenvalue weighted by Gasteiger charge is 2.34. The van der Waals surface area contributed by atoms with Crippen molar-refractivity contribution in [1.82, 2.24) is 4.90 Å². The molecule has 0 radical (unpaired) electrons. The number of amides is 2. The number of rotatable bonds is 4. The van der Waals surface area contributed by atoms with Crippen LogP contribution in [0.1, 0.15) is 20.7 Å². The fourth-order valence-electron chi connectivity index (χ4n) is 3.87. The first-order valence-corrected chi connectivity index (χ1v) is 10.2. The number of ether oxygens (including phenoxy) is 1. The van der Waals surface area contributed by atoms with Crippen molar-refractivity contribution in [2.75, 3.05) is 13.2 Å². The number of benzene rings is 4. The number of hydrogen-bond acceptors (Lipinski definition) is 3. The van der Waals surface area contributed by atoms with Crippen molar-refractivity contribution in [2.24, 2.45) is 0 Å². The summed E-state index contributed by atoms with van der Waals surface area (Å²) in [4.78, 5) is 26.4. The predicted molar refractivity (Wildman–Crippen MR) is 119 cm³/mol. The molecule has 30 heavy (non-hydrogen) atoms. The molecule has 5 rings (SSSR count). The zero-order chi connectivity index (χ0) is 20.8. The largest absolute Gasteiger partial charge is 0.490 e. The minimum absolute atomic E-state index is 0.158. The molecule has 4 aromatic rings. The Labute approximate surface area is 182 Å². The Morgan fingerprint density at radius 3 is 1.80 bits per heavy atom. The normalized spacial score (nSPS) is 13.3. The van der Waals surface area contributed by atoms with Crippen LogP contribution in [-0.2, 0) is 0 Å². The molecule has 6 heteroatoms. The molecule has 0 atom stereocenters. The lowest BCUT2D eigenvalue weighted by Crippen LogP contribution is -2.33. The molecule has 2 amide bonds. The van der Waals surface area contributed by atoms with Gasteiger partial charge in [-0.2, -0.15) is 0 Å². The first-order chi connectivity index (χ1) is 14.5. The topological polar surface area (TPSA) is 46.6 Å². The number of carbonyl (C=O) groups excluding carboxylic acids is 2. The van der Waals surface area contributed by atoms with E-state index in [1.807, 2.05) is 42.5 Å². The number of halogens is 2. The zero-order valence-electron chi connectivity index (χ0n) is 15.7. The van der Waals surface area contributed by atoms with Crippen LogP contribution >= 0.6 is 23.2 Å². The van der Waals surface area contributed by atoms with E-state index in [2.05, 4.69) is 0 Å². The summed E-state index contributed by atoms with van der Waals surface area (Å²) >= 11 is 12.3. The number of imide groups is 1. The summed E-state index contributed by atoms with van der Waals surface area (Å²) in [5, 5.41) is 4.90. The maximum absolute atomic E-state index is 12.6. The van der Waals surface area contributed by atoms with Crippen LogP contribution in [0.5, 0.6) is 5.75 Å². The molecule has 0 spiro atoms. The Balaban J connectivity index is 1.47. The van der Waals surface area contributed by atoms with Gasteiger partial charge in [0.25, 0.3) is 11.8 Å². The van der Waals surface area contributed by atoms with Crippen LogP contribution in [0.4, 0.5) is 0 Å². The van der Waals surface area contributed by atoms with Crippen molar-refractivity contribution in [2.45, 2.75) is 0 Å². The molecule has 0 fully saturated rings. The second kappa shape index (κ2) is 7.31. The van der Waals surface area contributed by atoms with Gasteiger partial charge in [-0.15, -0.1) is 0 Å². The van der Waals surface area contributed by atoms with Crippen LogP contribution in [0.15, 0.2) is 66.7 Å². The second-order valence-electron chi connectivity index (χ2n) is 7.09. The Morgan fingerprint density at radius 2 is 1.27 bits per heavy atom. The summed E-state index contributed by atoms with van der Waals surface area (Å²) in [7, 11) is 0. The first kappa shape index (κ1) is 18.9. The molecule has 0 saturated heterocycles. The van der Waals surface area contributed by atoms with E-state index in [0.717, 1.165) is 21.5 Å².